The van der Waals surface area contributed by atoms with Gasteiger partial charge in [-0.2, -0.15) is 0 Å². The van der Waals surface area contributed by atoms with E-state index >= 15 is 0 Å². The Hall–Kier alpha value is -1.89. The fourth-order valence-corrected chi connectivity index (χ4v) is 3.41. The third kappa shape index (κ3) is 6.70. The first kappa shape index (κ1) is 18.4. The molecule has 0 aliphatic carbocycles. The molecule has 2 aromatic carbocycles. The van der Waals surface area contributed by atoms with Crippen molar-refractivity contribution in [3.8, 4) is 0 Å². The summed E-state index contributed by atoms with van der Waals surface area (Å²) in [5, 5.41) is 3.16. The summed E-state index contributed by atoms with van der Waals surface area (Å²) in [4.78, 5) is 11.7. The Morgan fingerprint density at radius 1 is 1.00 bits per heavy atom. The molecule has 0 atom stereocenters. The molecule has 0 radical (unpaired) electrons. The number of benzene rings is 2. The molecule has 0 heterocycles. The number of nitrogens with one attached hydrogen (secondary N) is 2. The summed E-state index contributed by atoms with van der Waals surface area (Å²) in [5.41, 5.74) is 1.68. The molecular formula is C17H19ClN2O3S. The van der Waals surface area contributed by atoms with Crippen molar-refractivity contribution >= 4 is 27.5 Å². The lowest BCUT2D eigenvalue weighted by Gasteiger charge is -2.08. The minimum absolute atomic E-state index is 0.217. The second-order valence-corrected chi connectivity index (χ2v) is 7.54. The Morgan fingerprint density at radius 2 is 1.71 bits per heavy atom. The lowest BCUT2D eigenvalue weighted by Crippen LogP contribution is -2.38. The van der Waals surface area contributed by atoms with Gasteiger partial charge in [-0.3, -0.25) is 4.79 Å². The van der Waals surface area contributed by atoms with Gasteiger partial charge < -0.3 is 5.32 Å². The van der Waals surface area contributed by atoms with Crippen LogP contribution in [0.3, 0.4) is 0 Å². The standard InChI is InChI=1S/C17H19ClN2O3S/c18-16-8-4-7-15(11-16)13-24(22,23)20-12-17(21)19-10-9-14-5-2-1-3-6-14/h1-8,11,20H,9-10,12-13H2,(H,19,21). The minimum Gasteiger partial charge on any atom is -0.355 e. The van der Waals surface area contributed by atoms with Crippen LogP contribution < -0.4 is 10.0 Å². The SMILES string of the molecule is O=C(CNS(=O)(=O)Cc1cccc(Cl)c1)NCCc1ccccc1. The molecule has 0 saturated carbocycles. The van der Waals surface area contributed by atoms with Crippen LogP contribution in [0.1, 0.15) is 11.1 Å². The molecule has 0 aliphatic rings. The van der Waals surface area contributed by atoms with E-state index < -0.39 is 10.0 Å². The first-order valence-electron chi connectivity index (χ1n) is 7.47. The van der Waals surface area contributed by atoms with Crippen LogP contribution in [0.5, 0.6) is 0 Å². The highest BCUT2D eigenvalue weighted by Crippen LogP contribution is 2.12. The molecular weight excluding hydrogens is 348 g/mol. The fourth-order valence-electron chi connectivity index (χ4n) is 2.13. The van der Waals surface area contributed by atoms with Crippen molar-refractivity contribution in [3.05, 3.63) is 70.7 Å². The maximum Gasteiger partial charge on any atom is 0.235 e. The van der Waals surface area contributed by atoms with Crippen LogP contribution in [-0.2, 0) is 27.0 Å². The molecule has 128 valence electrons. The first-order valence-corrected chi connectivity index (χ1v) is 9.50. The van der Waals surface area contributed by atoms with Gasteiger partial charge >= 0.3 is 0 Å². The van der Waals surface area contributed by atoms with Gasteiger partial charge in [-0.1, -0.05) is 54.1 Å². The topological polar surface area (TPSA) is 75.3 Å². The van der Waals surface area contributed by atoms with Crippen molar-refractivity contribution in [2.24, 2.45) is 0 Å². The fraction of sp³-hybridized carbons (Fsp3) is 0.235. The van der Waals surface area contributed by atoms with Gasteiger partial charge in [0.2, 0.25) is 15.9 Å². The summed E-state index contributed by atoms with van der Waals surface area (Å²) in [6.45, 7) is 0.177. The zero-order valence-electron chi connectivity index (χ0n) is 13.0. The molecule has 0 saturated heterocycles. The quantitative estimate of drug-likeness (QED) is 0.751. The molecule has 0 aliphatic heterocycles. The Balaban J connectivity index is 1.74. The van der Waals surface area contributed by atoms with Crippen molar-refractivity contribution in [2.75, 3.05) is 13.1 Å². The van der Waals surface area contributed by atoms with Crippen molar-refractivity contribution in [2.45, 2.75) is 12.2 Å². The predicted octanol–water partition coefficient (Wildman–Crippen LogP) is 2.12. The second-order valence-electron chi connectivity index (χ2n) is 5.30. The van der Waals surface area contributed by atoms with Gasteiger partial charge in [0.25, 0.3) is 0 Å². The number of halogens is 1. The van der Waals surface area contributed by atoms with E-state index in [1.165, 1.54) is 0 Å². The summed E-state index contributed by atoms with van der Waals surface area (Å²) in [6.07, 6.45) is 0.696. The van der Waals surface area contributed by atoms with Crippen LogP contribution in [0.15, 0.2) is 54.6 Å². The second kappa shape index (κ2) is 8.82. The Kier molecular flexibility index (Phi) is 6.78. The Labute approximate surface area is 147 Å². The maximum absolute atomic E-state index is 12.0. The number of rotatable bonds is 8. The number of carbonyl (C=O) groups excluding carboxylic acids is 1. The largest absolute Gasteiger partial charge is 0.355 e. The van der Waals surface area contributed by atoms with E-state index in [1.807, 2.05) is 30.3 Å². The van der Waals surface area contributed by atoms with E-state index in [-0.39, 0.29) is 18.2 Å². The number of hydrogen-bond acceptors (Lipinski definition) is 3. The van der Waals surface area contributed by atoms with E-state index in [0.717, 1.165) is 5.56 Å². The van der Waals surface area contributed by atoms with Gasteiger partial charge in [0.05, 0.1) is 12.3 Å². The van der Waals surface area contributed by atoms with E-state index in [0.29, 0.717) is 23.6 Å². The van der Waals surface area contributed by atoms with Crippen LogP contribution in [-0.4, -0.2) is 27.4 Å². The predicted molar refractivity (Wildman–Crippen MR) is 95.2 cm³/mol. The molecule has 1 amide bonds. The number of amides is 1. The van der Waals surface area contributed by atoms with E-state index in [4.69, 9.17) is 11.6 Å². The number of carbonyl (C=O) groups is 1. The molecule has 5 nitrogen and oxygen atoms in total. The molecule has 0 bridgehead atoms. The van der Waals surface area contributed by atoms with Crippen LogP contribution in [0.25, 0.3) is 0 Å². The third-order valence-electron chi connectivity index (χ3n) is 3.28. The molecule has 2 aromatic rings. The van der Waals surface area contributed by atoms with E-state index in [1.54, 1.807) is 24.3 Å². The number of hydrogen-bond donors (Lipinski definition) is 2. The molecule has 2 rings (SSSR count). The molecule has 7 heteroatoms. The van der Waals surface area contributed by atoms with Gasteiger partial charge in [-0.05, 0) is 29.7 Å². The summed E-state index contributed by atoms with van der Waals surface area (Å²) >= 11 is 5.83. The molecule has 0 spiro atoms. The lowest BCUT2D eigenvalue weighted by molar-refractivity contribution is -0.119. The maximum atomic E-state index is 12.0. The zero-order chi connectivity index (χ0) is 17.4. The van der Waals surface area contributed by atoms with Gasteiger partial charge in [0.15, 0.2) is 0 Å². The van der Waals surface area contributed by atoms with Gasteiger partial charge in [0, 0.05) is 11.6 Å². The zero-order valence-corrected chi connectivity index (χ0v) is 14.6. The lowest BCUT2D eigenvalue weighted by atomic mass is 10.1. The summed E-state index contributed by atoms with van der Waals surface area (Å²) in [6, 6.07) is 16.3. The van der Waals surface area contributed by atoms with Crippen molar-refractivity contribution < 1.29 is 13.2 Å². The van der Waals surface area contributed by atoms with Gasteiger partial charge in [0.1, 0.15) is 0 Å². The number of sulfonamides is 1. The van der Waals surface area contributed by atoms with Gasteiger partial charge in [-0.15, -0.1) is 0 Å². The first-order chi connectivity index (χ1) is 11.4. The van der Waals surface area contributed by atoms with Crippen LogP contribution >= 0.6 is 11.6 Å². The average Bonchev–Trinajstić information content (AvgIpc) is 2.54. The monoisotopic (exact) mass is 366 g/mol. The normalized spacial score (nSPS) is 11.2. The average molecular weight is 367 g/mol. The highest BCUT2D eigenvalue weighted by molar-refractivity contribution is 7.88. The molecule has 24 heavy (non-hydrogen) atoms. The van der Waals surface area contributed by atoms with Crippen molar-refractivity contribution in [1.82, 2.24) is 10.0 Å². The van der Waals surface area contributed by atoms with Crippen LogP contribution in [0.2, 0.25) is 5.02 Å². The van der Waals surface area contributed by atoms with Crippen LogP contribution in [0.4, 0.5) is 0 Å². The Morgan fingerprint density at radius 3 is 2.42 bits per heavy atom. The summed E-state index contributed by atoms with van der Waals surface area (Å²) in [7, 11) is -3.59. The Bertz CT molecular complexity index is 779. The van der Waals surface area contributed by atoms with E-state index in [2.05, 4.69) is 10.0 Å². The van der Waals surface area contributed by atoms with E-state index in [9.17, 15) is 13.2 Å². The van der Waals surface area contributed by atoms with Crippen LogP contribution in [0, 0.1) is 0 Å². The smallest absolute Gasteiger partial charge is 0.235 e. The summed E-state index contributed by atoms with van der Waals surface area (Å²) < 4.78 is 26.2. The third-order valence-corrected chi connectivity index (χ3v) is 4.81. The molecule has 0 aromatic heterocycles. The molecule has 0 unspecified atom stereocenters. The van der Waals surface area contributed by atoms with Gasteiger partial charge in [-0.25, -0.2) is 13.1 Å². The summed E-state index contributed by atoms with van der Waals surface area (Å²) in [5.74, 6) is -0.578. The van der Waals surface area contributed by atoms with Crippen molar-refractivity contribution in [1.29, 1.82) is 0 Å². The highest BCUT2D eigenvalue weighted by Gasteiger charge is 2.13. The molecule has 0 fully saturated rings. The minimum atomic E-state index is -3.59. The highest BCUT2D eigenvalue weighted by atomic mass is 35.5. The molecule has 2 N–H and O–H groups in total. The van der Waals surface area contributed by atoms with Crippen molar-refractivity contribution in [3.63, 3.8) is 0 Å².